The van der Waals surface area contributed by atoms with Gasteiger partial charge in [0.1, 0.15) is 19.1 Å². The molecule has 1 unspecified atom stereocenters. The molecule has 0 saturated heterocycles. The van der Waals surface area contributed by atoms with E-state index in [2.05, 4.69) is 54.3 Å². The van der Waals surface area contributed by atoms with E-state index < -0.39 is 0 Å². The van der Waals surface area contributed by atoms with Crippen LogP contribution in [-0.2, 0) is 0 Å². The smallest absolute Gasteiger partial charge is 0.232 e. The summed E-state index contributed by atoms with van der Waals surface area (Å²) >= 11 is 0. The van der Waals surface area contributed by atoms with Gasteiger partial charge in [-0.15, -0.1) is 0 Å². The van der Waals surface area contributed by atoms with Crippen molar-refractivity contribution in [2.24, 2.45) is 0 Å². The molecule has 0 amide bonds. The van der Waals surface area contributed by atoms with E-state index >= 15 is 0 Å². The van der Waals surface area contributed by atoms with Crippen LogP contribution in [0.1, 0.15) is 94.7 Å². The fourth-order valence-electron chi connectivity index (χ4n) is 3.97. The number of benzene rings is 1. The molecule has 1 aliphatic heterocycles. The molecule has 0 aliphatic carbocycles. The Balaban J connectivity index is 1.68. The molecule has 0 radical (unpaired) electrons. The van der Waals surface area contributed by atoms with E-state index in [4.69, 9.17) is 0 Å². The molecule has 0 saturated carbocycles. The van der Waals surface area contributed by atoms with Crippen molar-refractivity contribution in [3.05, 3.63) is 35.4 Å². The zero-order valence-corrected chi connectivity index (χ0v) is 16.6. The van der Waals surface area contributed by atoms with E-state index in [1.54, 1.807) is 0 Å². The molecule has 140 valence electrons. The summed E-state index contributed by atoms with van der Waals surface area (Å²) in [6.45, 7) is 6.77. The lowest BCUT2D eigenvalue weighted by Gasteiger charge is -2.19. The molecular formula is C23H39N2+. The number of nitrogens with one attached hydrogen (secondary N) is 1. The lowest BCUT2D eigenvalue weighted by Crippen LogP contribution is -2.19. The fourth-order valence-corrected chi connectivity index (χ4v) is 3.97. The Morgan fingerprint density at radius 2 is 1.56 bits per heavy atom. The normalized spacial score (nSPS) is 15.0. The SMILES string of the molecule is CCCCCCCCCCCCC(c1ccccc1C)[N+]1=CNCC1. The molecule has 0 aromatic heterocycles. The van der Waals surface area contributed by atoms with Crippen LogP contribution in [0.4, 0.5) is 0 Å². The first-order chi connectivity index (χ1) is 12.3. The van der Waals surface area contributed by atoms with Gasteiger partial charge in [-0.1, -0.05) is 89.0 Å². The summed E-state index contributed by atoms with van der Waals surface area (Å²) in [5.41, 5.74) is 2.94. The van der Waals surface area contributed by atoms with Gasteiger partial charge in [0.25, 0.3) is 0 Å². The summed E-state index contributed by atoms with van der Waals surface area (Å²) in [7, 11) is 0. The lowest BCUT2D eigenvalue weighted by molar-refractivity contribution is -0.561. The fraction of sp³-hybridized carbons (Fsp3) is 0.696. The predicted octanol–water partition coefficient (Wildman–Crippen LogP) is 5.99. The van der Waals surface area contributed by atoms with Gasteiger partial charge in [-0.2, -0.15) is 0 Å². The summed E-state index contributed by atoms with van der Waals surface area (Å²) < 4.78 is 2.51. The Labute approximate surface area is 155 Å². The second kappa shape index (κ2) is 12.1. The maximum absolute atomic E-state index is 3.38. The molecule has 1 heterocycles. The first-order valence-corrected chi connectivity index (χ1v) is 10.7. The van der Waals surface area contributed by atoms with Crippen LogP contribution in [0.15, 0.2) is 24.3 Å². The predicted molar refractivity (Wildman–Crippen MR) is 110 cm³/mol. The number of rotatable bonds is 13. The van der Waals surface area contributed by atoms with E-state index in [-0.39, 0.29) is 0 Å². The minimum Gasteiger partial charge on any atom is -0.277 e. The highest BCUT2D eigenvalue weighted by atomic mass is 15.2. The summed E-state index contributed by atoms with van der Waals surface area (Å²) in [5.74, 6) is 0. The van der Waals surface area contributed by atoms with Gasteiger partial charge in [-0.25, -0.2) is 0 Å². The molecule has 1 aliphatic rings. The van der Waals surface area contributed by atoms with Crippen LogP contribution in [-0.4, -0.2) is 24.0 Å². The minimum atomic E-state index is 0.547. The zero-order chi connectivity index (χ0) is 17.7. The first kappa shape index (κ1) is 20.0. The van der Waals surface area contributed by atoms with Crippen molar-refractivity contribution in [3.63, 3.8) is 0 Å². The van der Waals surface area contributed by atoms with Crippen molar-refractivity contribution in [1.29, 1.82) is 0 Å². The van der Waals surface area contributed by atoms with Crippen LogP contribution in [0.2, 0.25) is 0 Å². The molecule has 1 atom stereocenters. The Kier molecular flexibility index (Phi) is 9.69. The minimum absolute atomic E-state index is 0.547. The third-order valence-corrected chi connectivity index (χ3v) is 5.55. The van der Waals surface area contributed by atoms with Gasteiger partial charge in [-0.3, -0.25) is 9.89 Å². The Bertz CT molecular complexity index is 507. The van der Waals surface area contributed by atoms with Crippen molar-refractivity contribution < 1.29 is 4.58 Å². The molecule has 0 spiro atoms. The molecule has 0 bridgehead atoms. The second-order valence-corrected chi connectivity index (χ2v) is 7.66. The van der Waals surface area contributed by atoms with Crippen molar-refractivity contribution in [1.82, 2.24) is 5.32 Å². The number of hydrogen-bond donors (Lipinski definition) is 1. The largest absolute Gasteiger partial charge is 0.277 e. The highest BCUT2D eigenvalue weighted by Gasteiger charge is 2.23. The highest BCUT2D eigenvalue weighted by molar-refractivity contribution is 5.49. The first-order valence-electron chi connectivity index (χ1n) is 10.7. The molecule has 2 nitrogen and oxygen atoms in total. The third-order valence-electron chi connectivity index (χ3n) is 5.55. The second-order valence-electron chi connectivity index (χ2n) is 7.66. The summed E-state index contributed by atoms with van der Waals surface area (Å²) in [6, 6.07) is 9.47. The van der Waals surface area contributed by atoms with Gasteiger partial charge in [-0.05, 0) is 30.9 Å². The molecule has 1 N–H and O–H groups in total. The molecule has 0 fully saturated rings. The molecule has 1 aromatic carbocycles. The average molecular weight is 344 g/mol. The standard InChI is InChI=1S/C23H38N2/c1-3-4-5-6-7-8-9-10-11-12-17-23(25-19-18-24-20-25)22-16-14-13-15-21(22)2/h13-16,20,23H,3-12,17-19H2,1-2H3/p+1. The Morgan fingerprint density at radius 3 is 2.16 bits per heavy atom. The van der Waals surface area contributed by atoms with Crippen LogP contribution in [0.5, 0.6) is 0 Å². The lowest BCUT2D eigenvalue weighted by atomic mass is 9.95. The quantitative estimate of drug-likeness (QED) is 0.343. The number of unbranched alkanes of at least 4 members (excludes halogenated alkanes) is 9. The topological polar surface area (TPSA) is 15.0 Å². The Morgan fingerprint density at radius 1 is 0.920 bits per heavy atom. The Hall–Kier alpha value is -1.31. The monoisotopic (exact) mass is 343 g/mol. The maximum atomic E-state index is 3.38. The maximum Gasteiger partial charge on any atom is 0.232 e. The molecule has 2 heteroatoms. The van der Waals surface area contributed by atoms with Crippen LogP contribution >= 0.6 is 0 Å². The molecule has 25 heavy (non-hydrogen) atoms. The summed E-state index contributed by atoms with van der Waals surface area (Å²) in [4.78, 5) is 0. The van der Waals surface area contributed by atoms with Gasteiger partial charge in [0.2, 0.25) is 6.34 Å². The van der Waals surface area contributed by atoms with Gasteiger partial charge >= 0.3 is 0 Å². The van der Waals surface area contributed by atoms with Gasteiger partial charge in [0.15, 0.2) is 0 Å². The number of aryl methyl sites for hydroxylation is 1. The van der Waals surface area contributed by atoms with Crippen molar-refractivity contribution in [3.8, 4) is 0 Å². The van der Waals surface area contributed by atoms with Crippen LogP contribution in [0, 0.1) is 6.92 Å². The van der Waals surface area contributed by atoms with E-state index in [1.807, 2.05) is 0 Å². The number of nitrogens with zero attached hydrogens (tertiary/aromatic N) is 1. The van der Waals surface area contributed by atoms with E-state index in [9.17, 15) is 0 Å². The van der Waals surface area contributed by atoms with Crippen molar-refractivity contribution in [2.75, 3.05) is 13.1 Å². The van der Waals surface area contributed by atoms with E-state index in [0.717, 1.165) is 13.1 Å². The summed E-state index contributed by atoms with van der Waals surface area (Å²) in [5, 5.41) is 3.38. The van der Waals surface area contributed by atoms with E-state index in [1.165, 1.54) is 81.8 Å². The average Bonchev–Trinajstić information content (AvgIpc) is 3.15. The molecule has 2 rings (SSSR count). The van der Waals surface area contributed by atoms with Gasteiger partial charge in [0, 0.05) is 0 Å². The van der Waals surface area contributed by atoms with Crippen LogP contribution < -0.4 is 5.32 Å². The summed E-state index contributed by atoms with van der Waals surface area (Å²) in [6.07, 6.45) is 17.6. The van der Waals surface area contributed by atoms with Gasteiger partial charge in [0.05, 0.1) is 0 Å². The number of hydrogen-bond acceptors (Lipinski definition) is 1. The van der Waals surface area contributed by atoms with Crippen LogP contribution in [0.25, 0.3) is 0 Å². The highest BCUT2D eigenvalue weighted by Crippen LogP contribution is 2.27. The van der Waals surface area contributed by atoms with Crippen molar-refractivity contribution in [2.45, 2.75) is 90.5 Å². The van der Waals surface area contributed by atoms with Crippen LogP contribution in [0.3, 0.4) is 0 Å². The molecular weight excluding hydrogens is 304 g/mol. The molecule has 1 aromatic rings. The van der Waals surface area contributed by atoms with Gasteiger partial charge < -0.3 is 0 Å². The zero-order valence-electron chi connectivity index (χ0n) is 16.6. The van der Waals surface area contributed by atoms with E-state index in [0.29, 0.717) is 6.04 Å². The third kappa shape index (κ3) is 7.22. The van der Waals surface area contributed by atoms with Crippen molar-refractivity contribution >= 4 is 6.34 Å².